The first-order chi connectivity index (χ1) is 13.7. The highest BCUT2D eigenvalue weighted by atomic mass is 16.5. The van der Waals surface area contributed by atoms with Crippen LogP contribution in [0.1, 0.15) is 74.6 Å². The van der Waals surface area contributed by atoms with Crippen LogP contribution in [0, 0.1) is 0 Å². The fourth-order valence-electron chi connectivity index (χ4n) is 4.86. The van der Waals surface area contributed by atoms with Crippen LogP contribution in [0.15, 0.2) is 33.5 Å². The number of hydrogen-bond donors (Lipinski definition) is 0. The molecule has 4 rings (SSSR count). The summed E-state index contributed by atoms with van der Waals surface area (Å²) < 4.78 is 10.8. The van der Waals surface area contributed by atoms with Gasteiger partial charge in [-0.15, -0.1) is 0 Å². The summed E-state index contributed by atoms with van der Waals surface area (Å²) in [5.41, 5.74) is 0.0837. The normalized spacial score (nSPS) is 18.9. The van der Waals surface area contributed by atoms with Crippen LogP contribution >= 0.6 is 0 Å². The number of hydrogen-bond acceptors (Lipinski definition) is 4. The lowest BCUT2D eigenvalue weighted by molar-refractivity contribution is 0.0444. The van der Waals surface area contributed by atoms with Gasteiger partial charge in [-0.3, -0.25) is 4.79 Å². The zero-order chi connectivity index (χ0) is 19.5. The van der Waals surface area contributed by atoms with Crippen molar-refractivity contribution in [2.45, 2.75) is 76.3 Å². The molecule has 1 amide bonds. The van der Waals surface area contributed by atoms with E-state index < -0.39 is 5.63 Å². The molecule has 1 aromatic carbocycles. The summed E-state index contributed by atoms with van der Waals surface area (Å²) in [5, 5.41) is 0.717. The number of methoxy groups -OCH3 is 1. The van der Waals surface area contributed by atoms with E-state index in [1.54, 1.807) is 31.4 Å². The fraction of sp³-hybridized carbons (Fsp3) is 0.565. The molecule has 1 heterocycles. The Bertz CT molecular complexity index is 873. The van der Waals surface area contributed by atoms with Crippen molar-refractivity contribution in [2.24, 2.45) is 0 Å². The summed E-state index contributed by atoms with van der Waals surface area (Å²) in [5.74, 6) is 0.522. The molecule has 0 aliphatic heterocycles. The van der Waals surface area contributed by atoms with E-state index in [0.717, 1.165) is 56.8 Å². The van der Waals surface area contributed by atoms with Gasteiger partial charge < -0.3 is 14.1 Å². The number of rotatable bonds is 4. The molecule has 0 saturated heterocycles. The predicted molar refractivity (Wildman–Crippen MR) is 109 cm³/mol. The molecule has 0 atom stereocenters. The lowest BCUT2D eigenvalue weighted by atomic mass is 9.88. The third-order valence-electron chi connectivity index (χ3n) is 6.34. The van der Waals surface area contributed by atoms with Crippen molar-refractivity contribution in [1.29, 1.82) is 0 Å². The van der Waals surface area contributed by atoms with Crippen LogP contribution in [0.3, 0.4) is 0 Å². The number of ether oxygens (including phenoxy) is 1. The van der Waals surface area contributed by atoms with Crippen LogP contribution in [0.25, 0.3) is 11.0 Å². The SMILES string of the molecule is COc1ccc2oc(=O)c(C(=O)N(C3CCCCC3)C3CCCCC3)cc2c1. The van der Waals surface area contributed by atoms with Crippen molar-refractivity contribution in [3.05, 3.63) is 40.2 Å². The monoisotopic (exact) mass is 383 g/mol. The summed E-state index contributed by atoms with van der Waals surface area (Å²) in [6.45, 7) is 0. The van der Waals surface area contributed by atoms with E-state index >= 15 is 0 Å². The molecular weight excluding hydrogens is 354 g/mol. The van der Waals surface area contributed by atoms with Crippen LogP contribution in [-0.2, 0) is 0 Å². The van der Waals surface area contributed by atoms with Gasteiger partial charge in [-0.1, -0.05) is 38.5 Å². The fourth-order valence-corrected chi connectivity index (χ4v) is 4.86. The molecule has 1 aromatic heterocycles. The molecule has 2 saturated carbocycles. The van der Waals surface area contributed by atoms with Crippen LogP contribution in [-0.4, -0.2) is 30.0 Å². The number of fused-ring (bicyclic) bond motifs is 1. The van der Waals surface area contributed by atoms with Crippen LogP contribution in [0.5, 0.6) is 5.75 Å². The summed E-state index contributed by atoms with van der Waals surface area (Å²) in [7, 11) is 1.60. The van der Waals surface area contributed by atoms with Crippen LogP contribution in [0.4, 0.5) is 0 Å². The maximum Gasteiger partial charge on any atom is 0.349 e. The molecule has 28 heavy (non-hydrogen) atoms. The highest BCUT2D eigenvalue weighted by Crippen LogP contribution is 2.31. The zero-order valence-corrected chi connectivity index (χ0v) is 16.6. The molecular formula is C23H29NO4. The quantitative estimate of drug-likeness (QED) is 0.704. The van der Waals surface area contributed by atoms with Crippen LogP contribution < -0.4 is 10.4 Å². The Kier molecular flexibility index (Phi) is 5.69. The van der Waals surface area contributed by atoms with E-state index in [9.17, 15) is 9.59 Å². The van der Waals surface area contributed by atoms with Crippen LogP contribution in [0.2, 0.25) is 0 Å². The molecule has 5 heteroatoms. The summed E-state index contributed by atoms with van der Waals surface area (Å²) in [6, 6.07) is 7.44. The molecule has 0 N–H and O–H groups in total. The number of carbonyl (C=O) groups excluding carboxylic acids is 1. The zero-order valence-electron chi connectivity index (χ0n) is 16.6. The van der Waals surface area contributed by atoms with Gasteiger partial charge in [-0.2, -0.15) is 0 Å². The first-order valence-electron chi connectivity index (χ1n) is 10.6. The minimum absolute atomic E-state index is 0.150. The highest BCUT2D eigenvalue weighted by Gasteiger charge is 2.34. The Balaban J connectivity index is 1.72. The van der Waals surface area contributed by atoms with Gasteiger partial charge in [0.05, 0.1) is 7.11 Å². The van der Waals surface area contributed by atoms with E-state index in [4.69, 9.17) is 9.15 Å². The molecule has 0 unspecified atom stereocenters. The Morgan fingerprint density at radius 2 is 1.57 bits per heavy atom. The molecule has 0 radical (unpaired) electrons. The standard InChI is InChI=1S/C23H29NO4/c1-27-19-12-13-21-16(14-19)15-20(23(26)28-21)22(25)24(17-8-4-2-5-9-17)18-10-6-3-7-11-18/h12-15,17-18H,2-11H2,1H3. The average molecular weight is 383 g/mol. The van der Waals surface area contributed by atoms with Crippen molar-refractivity contribution in [2.75, 3.05) is 7.11 Å². The molecule has 2 aromatic rings. The smallest absolute Gasteiger partial charge is 0.349 e. The minimum atomic E-state index is -0.542. The van der Waals surface area contributed by atoms with Gasteiger partial charge in [-0.05, 0) is 49.9 Å². The average Bonchev–Trinajstić information content (AvgIpc) is 2.74. The maximum absolute atomic E-state index is 13.6. The predicted octanol–water partition coefficient (Wildman–Crippen LogP) is 4.91. The van der Waals surface area contributed by atoms with Gasteiger partial charge in [0.25, 0.3) is 5.91 Å². The van der Waals surface area contributed by atoms with E-state index in [-0.39, 0.29) is 23.6 Å². The summed E-state index contributed by atoms with van der Waals surface area (Å²) in [4.78, 5) is 28.3. The molecule has 0 spiro atoms. The first-order valence-corrected chi connectivity index (χ1v) is 10.6. The lowest BCUT2D eigenvalue weighted by Gasteiger charge is -2.41. The van der Waals surface area contributed by atoms with Crippen molar-refractivity contribution in [1.82, 2.24) is 4.90 Å². The molecule has 150 valence electrons. The Morgan fingerprint density at radius 3 is 2.14 bits per heavy atom. The van der Waals surface area contributed by atoms with E-state index in [2.05, 4.69) is 4.90 Å². The van der Waals surface area contributed by atoms with Gasteiger partial charge in [-0.25, -0.2) is 4.79 Å². The Morgan fingerprint density at radius 1 is 0.964 bits per heavy atom. The second kappa shape index (κ2) is 8.38. The third kappa shape index (κ3) is 3.80. The first kappa shape index (κ1) is 19.0. The maximum atomic E-state index is 13.6. The van der Waals surface area contributed by atoms with Gasteiger partial charge in [0, 0.05) is 17.5 Å². The van der Waals surface area contributed by atoms with Crippen molar-refractivity contribution in [3.63, 3.8) is 0 Å². The van der Waals surface area contributed by atoms with Crippen molar-refractivity contribution in [3.8, 4) is 5.75 Å². The number of nitrogens with zero attached hydrogens (tertiary/aromatic N) is 1. The second-order valence-electron chi connectivity index (χ2n) is 8.15. The van der Waals surface area contributed by atoms with Gasteiger partial charge >= 0.3 is 5.63 Å². The lowest BCUT2D eigenvalue weighted by Crippen LogP contribution is -2.49. The molecule has 2 aliphatic rings. The van der Waals surface area contributed by atoms with Crippen molar-refractivity contribution >= 4 is 16.9 Å². The van der Waals surface area contributed by atoms with E-state index in [1.807, 2.05) is 0 Å². The number of benzene rings is 1. The molecule has 2 aliphatic carbocycles. The largest absolute Gasteiger partial charge is 0.497 e. The topological polar surface area (TPSA) is 59.8 Å². The van der Waals surface area contributed by atoms with E-state index in [0.29, 0.717) is 11.3 Å². The summed E-state index contributed by atoms with van der Waals surface area (Å²) in [6.07, 6.45) is 11.3. The van der Waals surface area contributed by atoms with Crippen molar-refractivity contribution < 1.29 is 13.9 Å². The van der Waals surface area contributed by atoms with Gasteiger partial charge in [0.15, 0.2) is 0 Å². The Hall–Kier alpha value is -2.30. The molecule has 2 fully saturated rings. The highest BCUT2D eigenvalue weighted by molar-refractivity contribution is 5.97. The van der Waals surface area contributed by atoms with E-state index in [1.165, 1.54) is 12.8 Å². The third-order valence-corrected chi connectivity index (χ3v) is 6.34. The number of amides is 1. The van der Waals surface area contributed by atoms with Gasteiger partial charge in [0.2, 0.25) is 0 Å². The molecule has 0 bridgehead atoms. The second-order valence-corrected chi connectivity index (χ2v) is 8.15. The minimum Gasteiger partial charge on any atom is -0.497 e. The van der Waals surface area contributed by atoms with Gasteiger partial charge in [0.1, 0.15) is 16.9 Å². The number of carbonyl (C=O) groups is 1. The summed E-state index contributed by atoms with van der Waals surface area (Å²) >= 11 is 0. The Labute approximate surface area is 165 Å². The molecule has 5 nitrogen and oxygen atoms in total.